The van der Waals surface area contributed by atoms with E-state index in [-0.39, 0.29) is 36.3 Å². The normalized spacial score (nSPS) is 15.0. The number of thioether (sulfide) groups is 1. The van der Waals surface area contributed by atoms with Gasteiger partial charge in [0.15, 0.2) is 28.2 Å². The molecule has 45 heavy (non-hydrogen) atoms. The molecule has 0 atom stereocenters. The predicted octanol–water partition coefficient (Wildman–Crippen LogP) is 7.40. The first-order valence-electron chi connectivity index (χ1n) is 13.3. The van der Waals surface area contributed by atoms with E-state index in [1.807, 2.05) is 6.07 Å². The average Bonchev–Trinajstić information content (AvgIpc) is 3.66. The van der Waals surface area contributed by atoms with E-state index in [1.165, 1.54) is 50.5 Å². The van der Waals surface area contributed by atoms with Crippen molar-refractivity contribution in [3.8, 4) is 28.7 Å². The SMILES string of the molecule is COc1cc(/C=C2\S/C(=N\N=C\c3cc(OC)c(O)c(OC)c3)N(Cc3ccco3)C2=O)ccc1OCc1ccc(Cl)cc1Cl. The van der Waals surface area contributed by atoms with Gasteiger partial charge < -0.3 is 28.5 Å². The highest BCUT2D eigenvalue weighted by molar-refractivity contribution is 8.18. The first-order chi connectivity index (χ1) is 21.8. The summed E-state index contributed by atoms with van der Waals surface area (Å²) in [5.41, 5.74) is 2.06. The summed E-state index contributed by atoms with van der Waals surface area (Å²) in [5.74, 6) is 1.62. The number of amidine groups is 1. The van der Waals surface area contributed by atoms with Crippen molar-refractivity contribution in [2.24, 2.45) is 10.2 Å². The lowest BCUT2D eigenvalue weighted by atomic mass is 10.1. The van der Waals surface area contributed by atoms with E-state index in [0.717, 1.165) is 5.56 Å². The third-order valence-corrected chi connectivity index (χ3v) is 8.10. The summed E-state index contributed by atoms with van der Waals surface area (Å²) in [6.07, 6.45) is 4.75. The van der Waals surface area contributed by atoms with Crippen LogP contribution in [0.15, 0.2) is 86.5 Å². The Morgan fingerprint density at radius 2 is 1.67 bits per heavy atom. The number of carbonyl (C=O) groups excluding carboxylic acids is 1. The Kier molecular flexibility index (Phi) is 10.2. The first kappa shape index (κ1) is 31.8. The van der Waals surface area contributed by atoms with Gasteiger partial charge in [-0.25, -0.2) is 0 Å². The van der Waals surface area contributed by atoms with Crippen LogP contribution in [0.2, 0.25) is 10.0 Å². The van der Waals surface area contributed by atoms with Gasteiger partial charge in [-0.1, -0.05) is 35.3 Å². The fourth-order valence-electron chi connectivity index (χ4n) is 4.25. The second kappa shape index (κ2) is 14.5. The Balaban J connectivity index is 1.39. The second-order valence-electron chi connectivity index (χ2n) is 9.42. The summed E-state index contributed by atoms with van der Waals surface area (Å²) in [4.78, 5) is 15.4. The van der Waals surface area contributed by atoms with Crippen LogP contribution in [0.25, 0.3) is 6.08 Å². The molecule has 0 radical (unpaired) electrons. The molecule has 4 aromatic rings. The maximum atomic E-state index is 13.5. The molecule has 0 spiro atoms. The van der Waals surface area contributed by atoms with Gasteiger partial charge in [0.1, 0.15) is 12.4 Å². The lowest BCUT2D eigenvalue weighted by molar-refractivity contribution is -0.122. The van der Waals surface area contributed by atoms with Crippen molar-refractivity contribution in [3.63, 3.8) is 0 Å². The topological polar surface area (TPSA) is 115 Å². The number of carbonyl (C=O) groups is 1. The Labute approximate surface area is 273 Å². The molecule has 0 bridgehead atoms. The van der Waals surface area contributed by atoms with Crippen LogP contribution in [-0.4, -0.2) is 48.6 Å². The summed E-state index contributed by atoms with van der Waals surface area (Å²) in [6.45, 7) is 0.377. The molecule has 1 saturated heterocycles. The Morgan fingerprint density at radius 1 is 0.933 bits per heavy atom. The number of amides is 1. The third kappa shape index (κ3) is 7.56. The lowest BCUT2D eigenvalue weighted by Crippen LogP contribution is -2.28. The van der Waals surface area contributed by atoms with Crippen molar-refractivity contribution in [1.82, 2.24) is 4.90 Å². The Morgan fingerprint density at radius 3 is 2.33 bits per heavy atom. The van der Waals surface area contributed by atoms with Crippen LogP contribution >= 0.6 is 35.0 Å². The van der Waals surface area contributed by atoms with Crippen molar-refractivity contribution in [1.29, 1.82) is 0 Å². The van der Waals surface area contributed by atoms with Crippen LogP contribution in [0.4, 0.5) is 0 Å². The molecular formula is C32H27Cl2N3O7S. The average molecular weight is 669 g/mol. The zero-order chi connectivity index (χ0) is 31.9. The fourth-order valence-corrected chi connectivity index (χ4v) is 5.65. The van der Waals surface area contributed by atoms with Gasteiger partial charge in [0.2, 0.25) is 5.75 Å². The highest BCUT2D eigenvalue weighted by Crippen LogP contribution is 2.38. The molecule has 1 aliphatic heterocycles. The van der Waals surface area contributed by atoms with Crippen LogP contribution in [0, 0.1) is 0 Å². The van der Waals surface area contributed by atoms with E-state index in [2.05, 4.69) is 10.2 Å². The van der Waals surface area contributed by atoms with Crippen LogP contribution in [-0.2, 0) is 17.9 Å². The van der Waals surface area contributed by atoms with Crippen LogP contribution < -0.4 is 18.9 Å². The van der Waals surface area contributed by atoms with Gasteiger partial charge in [0.25, 0.3) is 5.91 Å². The second-order valence-corrected chi connectivity index (χ2v) is 11.3. The molecule has 5 rings (SSSR count). The molecule has 232 valence electrons. The van der Waals surface area contributed by atoms with E-state index >= 15 is 0 Å². The number of hydrogen-bond donors (Lipinski definition) is 1. The number of benzene rings is 3. The molecule has 0 unspecified atom stereocenters. The van der Waals surface area contributed by atoms with Gasteiger partial charge in [-0.15, -0.1) is 5.10 Å². The van der Waals surface area contributed by atoms with Crippen molar-refractivity contribution < 1.29 is 33.3 Å². The minimum Gasteiger partial charge on any atom is -0.502 e. The molecule has 10 nitrogen and oxygen atoms in total. The predicted molar refractivity (Wildman–Crippen MR) is 175 cm³/mol. The molecule has 1 aliphatic rings. The molecule has 2 heterocycles. The Hall–Kier alpha value is -4.58. The molecule has 13 heteroatoms. The van der Waals surface area contributed by atoms with E-state index in [0.29, 0.717) is 48.5 Å². The molecule has 0 aliphatic carbocycles. The fraction of sp³-hybridized carbons (Fsp3) is 0.156. The zero-order valence-electron chi connectivity index (χ0n) is 24.3. The van der Waals surface area contributed by atoms with Crippen molar-refractivity contribution >= 4 is 58.3 Å². The van der Waals surface area contributed by atoms with Gasteiger partial charge in [-0.3, -0.25) is 9.69 Å². The molecule has 1 fully saturated rings. The number of hydrogen-bond acceptors (Lipinski definition) is 10. The number of furan rings is 1. The van der Waals surface area contributed by atoms with Gasteiger partial charge in [-0.2, -0.15) is 5.10 Å². The van der Waals surface area contributed by atoms with Crippen molar-refractivity contribution in [2.75, 3.05) is 21.3 Å². The maximum absolute atomic E-state index is 13.5. The van der Waals surface area contributed by atoms with E-state index in [4.69, 9.17) is 46.6 Å². The van der Waals surface area contributed by atoms with E-state index < -0.39 is 0 Å². The summed E-state index contributed by atoms with van der Waals surface area (Å²) in [5, 5.41) is 20.1. The number of methoxy groups -OCH3 is 3. The lowest BCUT2D eigenvalue weighted by Gasteiger charge is -2.13. The van der Waals surface area contributed by atoms with E-state index in [9.17, 15) is 9.90 Å². The number of aromatic hydroxyl groups is 1. The number of phenols is 1. The summed E-state index contributed by atoms with van der Waals surface area (Å²) in [6, 6.07) is 17.3. The van der Waals surface area contributed by atoms with Gasteiger partial charge >= 0.3 is 0 Å². The van der Waals surface area contributed by atoms with Crippen LogP contribution in [0.3, 0.4) is 0 Å². The first-order valence-corrected chi connectivity index (χ1v) is 14.9. The third-order valence-electron chi connectivity index (χ3n) is 6.52. The number of phenolic OH excluding ortho intramolecular Hbond substituents is 1. The molecular weight excluding hydrogens is 641 g/mol. The number of ether oxygens (including phenoxy) is 4. The number of nitrogens with zero attached hydrogens (tertiary/aromatic N) is 3. The standard InChI is InChI=1S/C32H27Cl2N3O7S/c1-40-26-11-19(6-9-25(26)44-18-21-7-8-22(33)15-24(21)34)14-29-31(39)37(17-23-5-4-10-43-23)32(45-29)36-35-16-20-12-27(41-2)30(38)28(13-20)42-3/h4-16,38H,17-18H2,1-3H3/b29-14-,35-16+,36-32-. The van der Waals surface area contributed by atoms with Gasteiger partial charge in [-0.05, 0) is 71.9 Å². The minimum absolute atomic E-state index is 0.123. The number of rotatable bonds is 11. The number of halogens is 2. The Bertz CT molecular complexity index is 1770. The molecule has 1 N–H and O–H groups in total. The summed E-state index contributed by atoms with van der Waals surface area (Å²) < 4.78 is 27.4. The molecule has 1 aromatic heterocycles. The van der Waals surface area contributed by atoms with Crippen LogP contribution in [0.5, 0.6) is 28.7 Å². The van der Waals surface area contributed by atoms with Crippen molar-refractivity contribution in [3.05, 3.63) is 104 Å². The van der Waals surface area contributed by atoms with Crippen molar-refractivity contribution in [2.45, 2.75) is 13.2 Å². The minimum atomic E-state index is -0.269. The van der Waals surface area contributed by atoms with Gasteiger partial charge in [0, 0.05) is 21.2 Å². The summed E-state index contributed by atoms with van der Waals surface area (Å²) in [7, 11) is 4.41. The van der Waals surface area contributed by atoms with Crippen LogP contribution in [0.1, 0.15) is 22.5 Å². The smallest absolute Gasteiger partial charge is 0.267 e. The van der Waals surface area contributed by atoms with Gasteiger partial charge in [0.05, 0.1) is 45.3 Å². The largest absolute Gasteiger partial charge is 0.502 e. The maximum Gasteiger partial charge on any atom is 0.267 e. The molecule has 1 amide bonds. The highest BCUT2D eigenvalue weighted by atomic mass is 35.5. The molecule has 0 saturated carbocycles. The van der Waals surface area contributed by atoms with E-state index in [1.54, 1.807) is 60.7 Å². The zero-order valence-corrected chi connectivity index (χ0v) is 26.7. The summed E-state index contributed by atoms with van der Waals surface area (Å²) >= 11 is 13.4. The quantitative estimate of drug-likeness (QED) is 0.0999. The monoisotopic (exact) mass is 667 g/mol. The molecule has 3 aromatic carbocycles. The highest BCUT2D eigenvalue weighted by Gasteiger charge is 2.34.